The van der Waals surface area contributed by atoms with Crippen LogP contribution in [-0.4, -0.2) is 23.1 Å². The standard InChI is InChI=1S/C19H23NO/c1-2-19(16-8-10-18(21)11-9-16)20-13-12-17(14-20)15-6-4-3-5-7-15/h3-11,17,19,21H,2,12-14H2,1H3. The van der Waals surface area contributed by atoms with Crippen LogP contribution in [0.4, 0.5) is 0 Å². The van der Waals surface area contributed by atoms with Crippen molar-refractivity contribution in [3.05, 3.63) is 65.7 Å². The molecule has 2 nitrogen and oxygen atoms in total. The maximum atomic E-state index is 9.45. The molecule has 0 bridgehead atoms. The largest absolute Gasteiger partial charge is 0.508 e. The van der Waals surface area contributed by atoms with Crippen LogP contribution in [-0.2, 0) is 0 Å². The minimum atomic E-state index is 0.345. The van der Waals surface area contributed by atoms with Crippen LogP contribution < -0.4 is 0 Å². The van der Waals surface area contributed by atoms with E-state index in [2.05, 4.69) is 54.3 Å². The van der Waals surface area contributed by atoms with E-state index in [1.54, 1.807) is 12.1 Å². The molecule has 0 aliphatic carbocycles. The first-order valence-corrected chi connectivity index (χ1v) is 7.86. The molecular formula is C19H23NO. The van der Waals surface area contributed by atoms with Gasteiger partial charge in [0.25, 0.3) is 0 Å². The van der Waals surface area contributed by atoms with Gasteiger partial charge in [0.2, 0.25) is 0 Å². The van der Waals surface area contributed by atoms with Crippen LogP contribution in [0.25, 0.3) is 0 Å². The van der Waals surface area contributed by atoms with Crippen molar-refractivity contribution < 1.29 is 5.11 Å². The van der Waals surface area contributed by atoms with E-state index in [9.17, 15) is 5.11 Å². The minimum absolute atomic E-state index is 0.345. The molecule has 0 spiro atoms. The quantitative estimate of drug-likeness (QED) is 0.901. The molecular weight excluding hydrogens is 258 g/mol. The highest BCUT2D eigenvalue weighted by Gasteiger charge is 2.28. The summed E-state index contributed by atoms with van der Waals surface area (Å²) in [7, 11) is 0. The molecule has 0 amide bonds. The summed E-state index contributed by atoms with van der Waals surface area (Å²) in [5.41, 5.74) is 2.77. The molecule has 0 radical (unpaired) electrons. The van der Waals surface area contributed by atoms with Crippen LogP contribution in [0.15, 0.2) is 54.6 Å². The fourth-order valence-corrected chi connectivity index (χ4v) is 3.47. The molecule has 1 aliphatic heterocycles. The van der Waals surface area contributed by atoms with E-state index in [0.29, 0.717) is 17.7 Å². The maximum absolute atomic E-state index is 9.45. The Hall–Kier alpha value is -1.80. The zero-order valence-corrected chi connectivity index (χ0v) is 12.6. The summed E-state index contributed by atoms with van der Waals surface area (Å²) >= 11 is 0. The van der Waals surface area contributed by atoms with Gasteiger partial charge in [-0.3, -0.25) is 4.90 Å². The van der Waals surface area contributed by atoms with Gasteiger partial charge >= 0.3 is 0 Å². The van der Waals surface area contributed by atoms with Crippen molar-refractivity contribution in [2.75, 3.05) is 13.1 Å². The van der Waals surface area contributed by atoms with E-state index in [4.69, 9.17) is 0 Å². The van der Waals surface area contributed by atoms with Gasteiger partial charge in [0.05, 0.1) is 0 Å². The minimum Gasteiger partial charge on any atom is -0.508 e. The van der Waals surface area contributed by atoms with Crippen LogP contribution in [0.2, 0.25) is 0 Å². The second kappa shape index (κ2) is 6.31. The number of hydrogen-bond acceptors (Lipinski definition) is 2. The number of rotatable bonds is 4. The average molecular weight is 281 g/mol. The first-order valence-electron chi connectivity index (χ1n) is 7.86. The Kier molecular flexibility index (Phi) is 4.26. The molecule has 1 aliphatic rings. The molecule has 2 heteroatoms. The Morgan fingerprint density at radius 3 is 2.48 bits per heavy atom. The molecule has 1 heterocycles. The van der Waals surface area contributed by atoms with E-state index < -0.39 is 0 Å². The Labute approximate surface area is 127 Å². The molecule has 110 valence electrons. The predicted molar refractivity (Wildman–Crippen MR) is 86.5 cm³/mol. The van der Waals surface area contributed by atoms with E-state index in [1.807, 2.05) is 0 Å². The number of aromatic hydroxyl groups is 1. The highest BCUT2D eigenvalue weighted by molar-refractivity contribution is 5.29. The number of phenolic OH excluding ortho intramolecular Hbond substituents is 1. The van der Waals surface area contributed by atoms with Gasteiger partial charge in [0.1, 0.15) is 5.75 Å². The molecule has 2 unspecified atom stereocenters. The molecule has 3 rings (SSSR count). The molecule has 1 fully saturated rings. The summed E-state index contributed by atoms with van der Waals surface area (Å²) in [6.07, 6.45) is 2.34. The number of nitrogens with zero attached hydrogens (tertiary/aromatic N) is 1. The van der Waals surface area contributed by atoms with Gasteiger partial charge in [-0.15, -0.1) is 0 Å². The first-order chi connectivity index (χ1) is 10.3. The highest BCUT2D eigenvalue weighted by atomic mass is 16.3. The Balaban J connectivity index is 1.73. The molecule has 0 saturated carbocycles. The van der Waals surface area contributed by atoms with Gasteiger partial charge in [-0.25, -0.2) is 0 Å². The molecule has 0 aromatic heterocycles. The summed E-state index contributed by atoms with van der Waals surface area (Å²) in [4.78, 5) is 2.59. The fraction of sp³-hybridized carbons (Fsp3) is 0.368. The van der Waals surface area contributed by atoms with E-state index in [-0.39, 0.29) is 0 Å². The summed E-state index contributed by atoms with van der Waals surface area (Å²) < 4.78 is 0. The fourth-order valence-electron chi connectivity index (χ4n) is 3.47. The lowest BCUT2D eigenvalue weighted by Crippen LogP contribution is -2.25. The van der Waals surface area contributed by atoms with E-state index >= 15 is 0 Å². The monoisotopic (exact) mass is 281 g/mol. The zero-order valence-electron chi connectivity index (χ0n) is 12.6. The molecule has 2 aromatic rings. The van der Waals surface area contributed by atoms with Crippen molar-refractivity contribution in [2.24, 2.45) is 0 Å². The number of likely N-dealkylation sites (tertiary alicyclic amines) is 1. The summed E-state index contributed by atoms with van der Waals surface area (Å²) in [5, 5.41) is 9.45. The van der Waals surface area contributed by atoms with Gasteiger partial charge in [-0.1, -0.05) is 49.4 Å². The molecule has 2 atom stereocenters. The van der Waals surface area contributed by atoms with Crippen molar-refractivity contribution in [3.8, 4) is 5.75 Å². The maximum Gasteiger partial charge on any atom is 0.115 e. The topological polar surface area (TPSA) is 23.5 Å². The Morgan fingerprint density at radius 1 is 1.10 bits per heavy atom. The summed E-state index contributed by atoms with van der Waals surface area (Å²) in [5.74, 6) is 0.995. The number of phenols is 1. The van der Waals surface area contributed by atoms with Crippen molar-refractivity contribution in [1.29, 1.82) is 0 Å². The van der Waals surface area contributed by atoms with Crippen LogP contribution in [0.5, 0.6) is 5.75 Å². The SMILES string of the molecule is CCC(c1ccc(O)cc1)N1CCC(c2ccccc2)C1. The molecule has 21 heavy (non-hydrogen) atoms. The van der Waals surface area contributed by atoms with Crippen molar-refractivity contribution >= 4 is 0 Å². The van der Waals surface area contributed by atoms with Gasteiger partial charge < -0.3 is 5.11 Å². The number of benzene rings is 2. The molecule has 1 N–H and O–H groups in total. The van der Waals surface area contributed by atoms with E-state index in [0.717, 1.165) is 19.5 Å². The van der Waals surface area contributed by atoms with E-state index in [1.165, 1.54) is 17.5 Å². The Morgan fingerprint density at radius 2 is 1.81 bits per heavy atom. The van der Waals surface area contributed by atoms with Gasteiger partial charge in [-0.05, 0) is 48.6 Å². The average Bonchev–Trinajstić information content (AvgIpc) is 3.00. The summed E-state index contributed by atoms with van der Waals surface area (Å²) in [6.45, 7) is 4.52. The highest BCUT2D eigenvalue weighted by Crippen LogP contribution is 2.34. The first kappa shape index (κ1) is 14.2. The third-order valence-corrected chi connectivity index (χ3v) is 4.60. The molecule has 1 saturated heterocycles. The lowest BCUT2D eigenvalue weighted by molar-refractivity contribution is 0.236. The normalized spacial score (nSPS) is 20.5. The Bertz CT molecular complexity index is 564. The van der Waals surface area contributed by atoms with Crippen molar-refractivity contribution in [2.45, 2.75) is 31.7 Å². The lowest BCUT2D eigenvalue weighted by Gasteiger charge is -2.27. The zero-order chi connectivity index (χ0) is 14.7. The van der Waals surface area contributed by atoms with Crippen molar-refractivity contribution in [1.82, 2.24) is 4.90 Å². The van der Waals surface area contributed by atoms with Gasteiger partial charge in [-0.2, -0.15) is 0 Å². The van der Waals surface area contributed by atoms with Crippen LogP contribution in [0.1, 0.15) is 42.9 Å². The van der Waals surface area contributed by atoms with Crippen molar-refractivity contribution in [3.63, 3.8) is 0 Å². The van der Waals surface area contributed by atoms with Gasteiger partial charge in [0, 0.05) is 12.6 Å². The second-order valence-electron chi connectivity index (χ2n) is 5.91. The predicted octanol–water partition coefficient (Wildman–Crippen LogP) is 4.33. The third-order valence-electron chi connectivity index (χ3n) is 4.60. The van der Waals surface area contributed by atoms with Crippen LogP contribution >= 0.6 is 0 Å². The lowest BCUT2D eigenvalue weighted by atomic mass is 9.98. The second-order valence-corrected chi connectivity index (χ2v) is 5.91. The van der Waals surface area contributed by atoms with Gasteiger partial charge in [0.15, 0.2) is 0 Å². The third kappa shape index (κ3) is 3.11. The van der Waals surface area contributed by atoms with Crippen LogP contribution in [0.3, 0.4) is 0 Å². The smallest absolute Gasteiger partial charge is 0.115 e. The summed E-state index contributed by atoms with van der Waals surface area (Å²) in [6, 6.07) is 19.0. The van der Waals surface area contributed by atoms with Crippen LogP contribution in [0, 0.1) is 0 Å². The number of hydrogen-bond donors (Lipinski definition) is 1. The molecule has 2 aromatic carbocycles.